The van der Waals surface area contributed by atoms with E-state index in [9.17, 15) is 12.8 Å². The molecule has 0 atom stereocenters. The minimum Gasteiger partial charge on any atom is -0.356 e. The summed E-state index contributed by atoms with van der Waals surface area (Å²) in [6.45, 7) is 0.820. The molecule has 5 nitrogen and oxygen atoms in total. The molecule has 2 aromatic carbocycles. The Labute approximate surface area is 198 Å². The van der Waals surface area contributed by atoms with Gasteiger partial charge >= 0.3 is 0 Å². The van der Waals surface area contributed by atoms with Crippen LogP contribution in [-0.4, -0.2) is 34.2 Å². The lowest BCUT2D eigenvalue weighted by Gasteiger charge is -2.14. The van der Waals surface area contributed by atoms with Crippen molar-refractivity contribution in [2.24, 2.45) is 4.99 Å². The van der Waals surface area contributed by atoms with E-state index in [0.717, 1.165) is 11.8 Å². The minimum absolute atomic E-state index is 0. The van der Waals surface area contributed by atoms with Gasteiger partial charge < -0.3 is 10.6 Å². The Morgan fingerprint density at radius 2 is 1.72 bits per heavy atom. The Hall–Kier alpha value is -1.10. The quantitative estimate of drug-likeness (QED) is 0.296. The van der Waals surface area contributed by atoms with Gasteiger partial charge in [-0.2, -0.15) is 0 Å². The van der Waals surface area contributed by atoms with Gasteiger partial charge in [-0.25, -0.2) is 12.8 Å². The van der Waals surface area contributed by atoms with E-state index in [1.54, 1.807) is 13.1 Å². The molecule has 2 rings (SSSR count). The van der Waals surface area contributed by atoms with Crippen LogP contribution in [0, 0.1) is 5.82 Å². The molecule has 0 heterocycles. The molecular formula is C19H23Cl2FIN3O2S. The summed E-state index contributed by atoms with van der Waals surface area (Å²) in [5.41, 5.74) is 2.11. The first kappa shape index (κ1) is 25.9. The molecule has 2 N–H and O–H groups in total. The fourth-order valence-electron chi connectivity index (χ4n) is 2.66. The highest BCUT2D eigenvalue weighted by Gasteiger charge is 2.11. The van der Waals surface area contributed by atoms with Gasteiger partial charge in [0.05, 0.1) is 5.75 Å². The van der Waals surface area contributed by atoms with Gasteiger partial charge in [-0.05, 0) is 53.4 Å². The second-order valence-corrected chi connectivity index (χ2v) is 9.38. The van der Waals surface area contributed by atoms with Gasteiger partial charge in [0.1, 0.15) is 5.82 Å². The number of hydrogen-bond acceptors (Lipinski definition) is 3. The summed E-state index contributed by atoms with van der Waals surface area (Å²) in [4.78, 5) is 4.13. The van der Waals surface area contributed by atoms with Gasteiger partial charge in [0.25, 0.3) is 0 Å². The Bertz CT molecular complexity index is 952. The number of hydrogen-bond donors (Lipinski definition) is 2. The van der Waals surface area contributed by atoms with E-state index < -0.39 is 15.7 Å². The van der Waals surface area contributed by atoms with Gasteiger partial charge in [-0.3, -0.25) is 4.99 Å². The van der Waals surface area contributed by atoms with Crippen molar-refractivity contribution >= 4 is 63.0 Å². The standard InChI is InChI=1S/C19H22Cl2FN3O2S.HI/c1-23-19(24-6-5-13-7-16(20)10-17(21)8-13)25-11-15-9-18(22)4-3-14(15)12-28(2,26)27;/h3-4,7-10H,5-6,11-12H2,1-2H3,(H2,23,24,25);1H. The molecule has 0 spiro atoms. The third kappa shape index (κ3) is 9.50. The largest absolute Gasteiger partial charge is 0.356 e. The van der Waals surface area contributed by atoms with Crippen molar-refractivity contribution in [3.8, 4) is 0 Å². The second kappa shape index (κ2) is 11.9. The van der Waals surface area contributed by atoms with E-state index in [-0.39, 0.29) is 36.3 Å². The number of aliphatic imine (C=N–C) groups is 1. The SMILES string of the molecule is CN=C(NCCc1cc(Cl)cc(Cl)c1)NCc1cc(F)ccc1CS(C)(=O)=O.I. The van der Waals surface area contributed by atoms with Crippen LogP contribution in [0.15, 0.2) is 41.4 Å². The molecule has 0 saturated heterocycles. The van der Waals surface area contributed by atoms with Crippen LogP contribution in [0.2, 0.25) is 10.0 Å². The maximum Gasteiger partial charge on any atom is 0.191 e. The molecule has 0 saturated carbocycles. The Morgan fingerprint density at radius 1 is 1.07 bits per heavy atom. The smallest absolute Gasteiger partial charge is 0.191 e. The van der Waals surface area contributed by atoms with Gasteiger partial charge in [-0.15, -0.1) is 24.0 Å². The first-order valence-corrected chi connectivity index (χ1v) is 11.3. The third-order valence-corrected chi connectivity index (χ3v) is 5.16. The first-order valence-electron chi connectivity index (χ1n) is 8.51. The van der Waals surface area contributed by atoms with E-state index in [1.165, 1.54) is 18.2 Å². The molecule has 0 radical (unpaired) electrons. The minimum atomic E-state index is -3.23. The molecule has 0 aliphatic carbocycles. The summed E-state index contributed by atoms with van der Waals surface area (Å²) in [6, 6.07) is 9.44. The summed E-state index contributed by atoms with van der Waals surface area (Å²) in [5.74, 6) is -0.0520. The normalized spacial score (nSPS) is 11.7. The molecule has 10 heteroatoms. The van der Waals surface area contributed by atoms with Gasteiger partial charge in [0.2, 0.25) is 0 Å². The fraction of sp³-hybridized carbons (Fsp3) is 0.316. The van der Waals surface area contributed by atoms with Crippen molar-refractivity contribution in [1.82, 2.24) is 10.6 Å². The average Bonchev–Trinajstić information content (AvgIpc) is 2.58. The Morgan fingerprint density at radius 3 is 2.31 bits per heavy atom. The van der Waals surface area contributed by atoms with Crippen LogP contribution in [-0.2, 0) is 28.6 Å². The van der Waals surface area contributed by atoms with Crippen LogP contribution in [0.1, 0.15) is 16.7 Å². The molecular weight excluding hydrogens is 551 g/mol. The molecule has 0 aliphatic rings. The van der Waals surface area contributed by atoms with Crippen molar-refractivity contribution in [3.05, 3.63) is 69.0 Å². The number of guanidine groups is 1. The van der Waals surface area contributed by atoms with E-state index >= 15 is 0 Å². The summed E-state index contributed by atoms with van der Waals surface area (Å²) in [7, 11) is -1.61. The Balaban J connectivity index is 0.00000420. The zero-order chi connectivity index (χ0) is 20.7. The Kier molecular flexibility index (Phi) is 10.7. The van der Waals surface area contributed by atoms with E-state index in [1.807, 2.05) is 12.1 Å². The topological polar surface area (TPSA) is 70.6 Å². The molecule has 0 aliphatic heterocycles. The molecule has 0 aromatic heterocycles. The number of benzene rings is 2. The van der Waals surface area contributed by atoms with E-state index in [0.29, 0.717) is 40.1 Å². The van der Waals surface area contributed by atoms with Crippen molar-refractivity contribution in [3.63, 3.8) is 0 Å². The zero-order valence-corrected chi connectivity index (χ0v) is 20.7. The molecule has 2 aromatic rings. The van der Waals surface area contributed by atoms with Crippen LogP contribution in [0.25, 0.3) is 0 Å². The van der Waals surface area contributed by atoms with Crippen LogP contribution in [0.3, 0.4) is 0 Å². The second-order valence-electron chi connectivity index (χ2n) is 6.36. The number of nitrogens with one attached hydrogen (secondary N) is 2. The van der Waals surface area contributed by atoms with Crippen LogP contribution >= 0.6 is 47.2 Å². The van der Waals surface area contributed by atoms with Gasteiger partial charge in [-0.1, -0.05) is 29.3 Å². The fourth-order valence-corrected chi connectivity index (χ4v) is 4.08. The maximum absolute atomic E-state index is 13.6. The molecule has 160 valence electrons. The first-order chi connectivity index (χ1) is 13.2. The molecule has 0 amide bonds. The molecule has 0 fully saturated rings. The lowest BCUT2D eigenvalue weighted by molar-refractivity contribution is 0.599. The van der Waals surface area contributed by atoms with Crippen molar-refractivity contribution in [2.45, 2.75) is 18.7 Å². The highest BCUT2D eigenvalue weighted by molar-refractivity contribution is 14.0. The maximum atomic E-state index is 13.6. The number of halogens is 4. The van der Waals surface area contributed by atoms with Crippen LogP contribution in [0.5, 0.6) is 0 Å². The predicted octanol–water partition coefficient (Wildman–Crippen LogP) is 4.20. The predicted molar refractivity (Wildman–Crippen MR) is 129 cm³/mol. The lowest BCUT2D eigenvalue weighted by Crippen LogP contribution is -2.38. The summed E-state index contributed by atoms with van der Waals surface area (Å²) >= 11 is 12.0. The molecule has 0 unspecified atom stereocenters. The third-order valence-electron chi connectivity index (χ3n) is 3.88. The van der Waals surface area contributed by atoms with Crippen LogP contribution < -0.4 is 10.6 Å². The average molecular weight is 574 g/mol. The lowest BCUT2D eigenvalue weighted by atomic mass is 10.1. The monoisotopic (exact) mass is 573 g/mol. The molecule has 0 bridgehead atoms. The van der Waals surface area contributed by atoms with Crippen molar-refractivity contribution in [1.29, 1.82) is 0 Å². The molecule has 29 heavy (non-hydrogen) atoms. The number of sulfone groups is 1. The van der Waals surface area contributed by atoms with Crippen LogP contribution in [0.4, 0.5) is 4.39 Å². The summed E-state index contributed by atoms with van der Waals surface area (Å²) in [6.07, 6.45) is 1.83. The van der Waals surface area contributed by atoms with E-state index in [4.69, 9.17) is 23.2 Å². The highest BCUT2D eigenvalue weighted by atomic mass is 127. The number of nitrogens with zero attached hydrogens (tertiary/aromatic N) is 1. The summed E-state index contributed by atoms with van der Waals surface area (Å²) < 4.78 is 36.8. The number of rotatable bonds is 7. The van der Waals surface area contributed by atoms with E-state index in [2.05, 4.69) is 15.6 Å². The highest BCUT2D eigenvalue weighted by Crippen LogP contribution is 2.19. The zero-order valence-electron chi connectivity index (χ0n) is 16.0. The van der Waals surface area contributed by atoms with Crippen molar-refractivity contribution in [2.75, 3.05) is 19.8 Å². The van der Waals surface area contributed by atoms with Gasteiger partial charge in [0, 0.05) is 36.4 Å². The summed E-state index contributed by atoms with van der Waals surface area (Å²) in [5, 5.41) is 7.38. The van der Waals surface area contributed by atoms with Gasteiger partial charge in [0.15, 0.2) is 15.8 Å². The van der Waals surface area contributed by atoms with Crippen molar-refractivity contribution < 1.29 is 12.8 Å².